The summed E-state index contributed by atoms with van der Waals surface area (Å²) in [6.45, 7) is -0.775. The molecule has 0 aromatic heterocycles. The maximum atomic E-state index is 13.6. The molecule has 27 heavy (non-hydrogen) atoms. The third kappa shape index (κ3) is 6.03. The van der Waals surface area contributed by atoms with E-state index in [1.165, 1.54) is 0 Å². The molecule has 6 nitrogen and oxygen atoms in total. The average Bonchev–Trinajstić information content (AvgIpc) is 2.61. The van der Waals surface area contributed by atoms with E-state index in [2.05, 4.69) is 5.32 Å². The van der Waals surface area contributed by atoms with Crippen molar-refractivity contribution in [3.63, 3.8) is 0 Å². The van der Waals surface area contributed by atoms with Gasteiger partial charge in [0.1, 0.15) is 11.6 Å². The van der Waals surface area contributed by atoms with Crippen molar-refractivity contribution in [2.75, 3.05) is 6.61 Å². The number of esters is 1. The highest BCUT2D eigenvalue weighted by atomic mass is 35.5. The normalized spacial score (nSPS) is 11.5. The van der Waals surface area contributed by atoms with E-state index in [1.807, 2.05) is 0 Å². The molecule has 0 fully saturated rings. The molecule has 0 spiro atoms. The van der Waals surface area contributed by atoms with Crippen LogP contribution in [-0.2, 0) is 9.53 Å². The van der Waals surface area contributed by atoms with Gasteiger partial charge in [-0.15, -0.1) is 0 Å². The van der Waals surface area contributed by atoms with E-state index in [4.69, 9.17) is 22.1 Å². The van der Waals surface area contributed by atoms with Gasteiger partial charge in [-0.3, -0.25) is 9.59 Å². The van der Waals surface area contributed by atoms with Crippen LogP contribution in [0.3, 0.4) is 0 Å². The predicted molar refractivity (Wildman–Crippen MR) is 93.2 cm³/mol. The van der Waals surface area contributed by atoms with Gasteiger partial charge in [0.15, 0.2) is 6.61 Å². The Hall–Kier alpha value is -3.00. The van der Waals surface area contributed by atoms with Crippen molar-refractivity contribution in [3.8, 4) is 0 Å². The Bertz CT molecular complexity index is 859. The summed E-state index contributed by atoms with van der Waals surface area (Å²) >= 11 is 5.80. The first-order chi connectivity index (χ1) is 12.8. The SMILES string of the molecule is NC(=O)N[C@@H](CC(=O)OCC(=O)c1cc(F)ccc1F)c1ccc(Cl)cc1. The Balaban J connectivity index is 2.00. The molecule has 0 saturated heterocycles. The van der Waals surface area contributed by atoms with Crippen LogP contribution in [0.2, 0.25) is 5.02 Å². The fourth-order valence-electron chi connectivity index (χ4n) is 2.28. The Morgan fingerprint density at radius 2 is 1.78 bits per heavy atom. The van der Waals surface area contributed by atoms with Crippen molar-refractivity contribution < 1.29 is 27.9 Å². The van der Waals surface area contributed by atoms with Gasteiger partial charge in [-0.1, -0.05) is 23.7 Å². The number of hydrogen-bond acceptors (Lipinski definition) is 4. The molecule has 3 N–H and O–H groups in total. The molecule has 2 rings (SSSR count). The van der Waals surface area contributed by atoms with E-state index in [9.17, 15) is 23.2 Å². The van der Waals surface area contributed by atoms with Gasteiger partial charge >= 0.3 is 12.0 Å². The van der Waals surface area contributed by atoms with Crippen LogP contribution < -0.4 is 11.1 Å². The lowest BCUT2D eigenvalue weighted by Crippen LogP contribution is -2.34. The molecule has 0 aliphatic heterocycles. The molecule has 0 bridgehead atoms. The molecule has 0 heterocycles. The molecule has 9 heteroatoms. The number of rotatable bonds is 7. The molecule has 0 aliphatic carbocycles. The minimum absolute atomic E-state index is 0.330. The second-order valence-electron chi connectivity index (χ2n) is 5.52. The van der Waals surface area contributed by atoms with Crippen molar-refractivity contribution in [1.29, 1.82) is 0 Å². The number of urea groups is 1. The Morgan fingerprint density at radius 3 is 2.41 bits per heavy atom. The van der Waals surface area contributed by atoms with Gasteiger partial charge in [-0.2, -0.15) is 0 Å². The third-order valence-corrected chi connectivity index (χ3v) is 3.80. The number of nitrogens with one attached hydrogen (secondary N) is 1. The van der Waals surface area contributed by atoms with Gasteiger partial charge in [0.05, 0.1) is 18.0 Å². The van der Waals surface area contributed by atoms with Crippen LogP contribution in [0, 0.1) is 11.6 Å². The van der Waals surface area contributed by atoms with Crippen LogP contribution in [0.1, 0.15) is 28.4 Å². The first kappa shape index (κ1) is 20.3. The number of halogens is 3. The van der Waals surface area contributed by atoms with Gasteiger partial charge < -0.3 is 15.8 Å². The van der Waals surface area contributed by atoms with E-state index in [1.54, 1.807) is 24.3 Å². The van der Waals surface area contributed by atoms with Crippen molar-refractivity contribution in [3.05, 3.63) is 70.2 Å². The van der Waals surface area contributed by atoms with Crippen LogP contribution in [0.15, 0.2) is 42.5 Å². The van der Waals surface area contributed by atoms with Crippen molar-refractivity contribution in [2.45, 2.75) is 12.5 Å². The van der Waals surface area contributed by atoms with E-state index in [-0.39, 0.29) is 6.42 Å². The largest absolute Gasteiger partial charge is 0.457 e. The molecule has 0 saturated carbocycles. The smallest absolute Gasteiger partial charge is 0.312 e. The van der Waals surface area contributed by atoms with Gasteiger partial charge in [0.25, 0.3) is 0 Å². The molecule has 142 valence electrons. The number of nitrogens with two attached hydrogens (primary N) is 1. The highest BCUT2D eigenvalue weighted by molar-refractivity contribution is 6.30. The Labute approximate surface area is 158 Å². The molecule has 0 radical (unpaired) electrons. The number of carbonyl (C=O) groups excluding carboxylic acids is 3. The number of benzene rings is 2. The maximum absolute atomic E-state index is 13.6. The van der Waals surface area contributed by atoms with E-state index in [0.717, 1.165) is 18.2 Å². The summed E-state index contributed by atoms with van der Waals surface area (Å²) in [7, 11) is 0. The number of Topliss-reactive ketones (excluding diaryl/α,β-unsaturated/α-hetero) is 1. The first-order valence-electron chi connectivity index (χ1n) is 7.71. The second kappa shape index (κ2) is 9.09. The predicted octanol–water partition coefficient (Wildman–Crippen LogP) is 3.14. The Morgan fingerprint density at radius 1 is 1.11 bits per heavy atom. The monoisotopic (exact) mass is 396 g/mol. The molecule has 2 aromatic rings. The van der Waals surface area contributed by atoms with Gasteiger partial charge in [-0.05, 0) is 35.9 Å². The zero-order valence-corrected chi connectivity index (χ0v) is 14.6. The standard InChI is InChI=1S/C18H15ClF2N2O4/c19-11-3-1-10(2-4-11)15(23-18(22)26)8-17(25)27-9-16(24)13-7-12(20)5-6-14(13)21/h1-7,15H,8-9H2,(H3,22,23,26)/t15-/m0/s1. The van der Waals surface area contributed by atoms with Gasteiger partial charge in [0.2, 0.25) is 5.78 Å². The summed E-state index contributed by atoms with van der Waals surface area (Å²) < 4.78 is 31.5. The number of hydrogen-bond donors (Lipinski definition) is 2. The van der Waals surface area contributed by atoms with E-state index in [0.29, 0.717) is 10.6 Å². The molecule has 1 atom stereocenters. The Kier molecular flexibility index (Phi) is 6.84. The van der Waals surface area contributed by atoms with Crippen molar-refractivity contribution >= 4 is 29.4 Å². The lowest BCUT2D eigenvalue weighted by atomic mass is 10.0. The fraction of sp³-hybridized carbons (Fsp3) is 0.167. The summed E-state index contributed by atoms with van der Waals surface area (Å²) in [5.41, 5.74) is 5.12. The van der Waals surface area contributed by atoms with Crippen molar-refractivity contribution in [2.24, 2.45) is 5.73 Å². The molecule has 0 unspecified atom stereocenters. The summed E-state index contributed by atoms with van der Waals surface area (Å²) in [5, 5.41) is 2.84. The van der Waals surface area contributed by atoms with Crippen LogP contribution >= 0.6 is 11.6 Å². The number of ether oxygens (including phenoxy) is 1. The van der Waals surface area contributed by atoms with Crippen LogP contribution in [-0.4, -0.2) is 24.4 Å². The number of ketones is 1. The minimum atomic E-state index is -0.924. The molecule has 0 aliphatic rings. The quantitative estimate of drug-likeness (QED) is 0.554. The lowest BCUT2D eigenvalue weighted by Gasteiger charge is -2.17. The molecule has 2 aromatic carbocycles. The zero-order valence-electron chi connectivity index (χ0n) is 13.9. The van der Waals surface area contributed by atoms with Crippen molar-refractivity contribution in [1.82, 2.24) is 5.32 Å². The number of primary amides is 1. The summed E-state index contributed by atoms with van der Waals surface area (Å²) in [5.74, 6) is -3.45. The maximum Gasteiger partial charge on any atom is 0.312 e. The number of carbonyl (C=O) groups is 3. The van der Waals surface area contributed by atoms with Gasteiger partial charge in [-0.25, -0.2) is 13.6 Å². The lowest BCUT2D eigenvalue weighted by molar-refractivity contribution is -0.143. The average molecular weight is 397 g/mol. The minimum Gasteiger partial charge on any atom is -0.457 e. The third-order valence-electron chi connectivity index (χ3n) is 3.55. The highest BCUT2D eigenvalue weighted by Crippen LogP contribution is 2.20. The van der Waals surface area contributed by atoms with E-state index >= 15 is 0 Å². The summed E-state index contributed by atoms with van der Waals surface area (Å²) in [6, 6.07) is 7.02. The van der Waals surface area contributed by atoms with Gasteiger partial charge in [0, 0.05) is 5.02 Å². The second-order valence-corrected chi connectivity index (χ2v) is 5.96. The fourth-order valence-corrected chi connectivity index (χ4v) is 2.41. The first-order valence-corrected chi connectivity index (χ1v) is 8.09. The molecular weight excluding hydrogens is 382 g/mol. The van der Waals surface area contributed by atoms with E-state index < -0.39 is 47.6 Å². The molecule has 2 amide bonds. The van der Waals surface area contributed by atoms with Crippen LogP contribution in [0.4, 0.5) is 13.6 Å². The molecular formula is C18H15ClF2N2O4. The van der Waals surface area contributed by atoms with Crippen LogP contribution in [0.5, 0.6) is 0 Å². The summed E-state index contributed by atoms with van der Waals surface area (Å²) in [6.07, 6.45) is -0.330. The summed E-state index contributed by atoms with van der Waals surface area (Å²) in [4.78, 5) is 35.1. The van der Waals surface area contributed by atoms with Crippen LogP contribution in [0.25, 0.3) is 0 Å². The topological polar surface area (TPSA) is 98.5 Å². The number of amides is 2. The highest BCUT2D eigenvalue weighted by Gasteiger charge is 2.20. The zero-order chi connectivity index (χ0) is 20.0.